The van der Waals surface area contributed by atoms with Crippen LogP contribution < -0.4 is 10.1 Å². The van der Waals surface area contributed by atoms with Crippen LogP contribution >= 0.6 is 0 Å². The van der Waals surface area contributed by atoms with Crippen molar-refractivity contribution in [3.63, 3.8) is 0 Å². The van der Waals surface area contributed by atoms with Crippen molar-refractivity contribution in [1.82, 2.24) is 15.2 Å². The highest BCUT2D eigenvalue weighted by Gasteiger charge is 2.56. The van der Waals surface area contributed by atoms with Gasteiger partial charge >= 0.3 is 17.8 Å². The summed E-state index contributed by atoms with van der Waals surface area (Å²) in [5.74, 6) is -2.72. The number of benzene rings is 1. The number of aliphatic carboxylic acids is 1. The fraction of sp³-hybridized carbons (Fsp3) is 0.318. The number of carbonyl (C=O) groups excluding carboxylic acids is 2. The van der Waals surface area contributed by atoms with E-state index in [2.05, 4.69) is 10.3 Å². The summed E-state index contributed by atoms with van der Waals surface area (Å²) in [5.41, 5.74) is -0.978. The van der Waals surface area contributed by atoms with Crippen LogP contribution in [0.3, 0.4) is 0 Å². The maximum atomic E-state index is 12.8. The third-order valence-corrected chi connectivity index (χ3v) is 5.20. The van der Waals surface area contributed by atoms with Crippen LogP contribution in [-0.4, -0.2) is 51.4 Å². The third kappa shape index (κ3) is 4.19. The van der Waals surface area contributed by atoms with Crippen molar-refractivity contribution in [2.75, 3.05) is 13.1 Å². The molecule has 2 aromatic rings. The summed E-state index contributed by atoms with van der Waals surface area (Å²) in [6, 6.07) is 11.6. The van der Waals surface area contributed by atoms with E-state index in [1.54, 1.807) is 49.5 Å². The number of hydrogen-bond donors (Lipinski definition) is 2. The topological polar surface area (TPSA) is 133 Å². The number of carboxylic acid groups (broad SMARTS) is 1. The Morgan fingerprint density at radius 1 is 1.35 bits per heavy atom. The minimum atomic E-state index is -1.85. The molecule has 1 aliphatic heterocycles. The van der Waals surface area contributed by atoms with Crippen LogP contribution in [0.5, 0.6) is 5.75 Å². The third-order valence-electron chi connectivity index (χ3n) is 5.20. The molecule has 2 amide bonds. The van der Waals surface area contributed by atoms with Gasteiger partial charge in [-0.3, -0.25) is 14.6 Å². The zero-order valence-corrected chi connectivity index (χ0v) is 16.9. The normalized spacial score (nSPS) is 16.6. The van der Waals surface area contributed by atoms with Gasteiger partial charge in [-0.05, 0) is 36.8 Å². The number of carbonyl (C=O) groups is 3. The second-order valence-corrected chi connectivity index (χ2v) is 7.11. The molecule has 2 unspecified atom stereocenters. The fourth-order valence-electron chi connectivity index (χ4n) is 3.80. The number of ether oxygens (including phenoxy) is 1. The Morgan fingerprint density at radius 3 is 2.68 bits per heavy atom. The number of nitriles is 1. The van der Waals surface area contributed by atoms with Gasteiger partial charge in [0.15, 0.2) is 11.6 Å². The summed E-state index contributed by atoms with van der Waals surface area (Å²) in [5, 5.41) is 21.9. The van der Waals surface area contributed by atoms with Gasteiger partial charge < -0.3 is 20.1 Å². The van der Waals surface area contributed by atoms with Crippen molar-refractivity contribution in [2.45, 2.75) is 31.4 Å². The number of rotatable bonds is 8. The van der Waals surface area contributed by atoms with Crippen molar-refractivity contribution in [3.05, 3.63) is 59.9 Å². The second-order valence-electron chi connectivity index (χ2n) is 7.11. The van der Waals surface area contributed by atoms with Crippen LogP contribution in [-0.2, 0) is 14.4 Å². The number of nitrogens with zero attached hydrogens (tertiary/aromatic N) is 3. The molecule has 1 aromatic carbocycles. The van der Waals surface area contributed by atoms with Crippen molar-refractivity contribution >= 4 is 17.8 Å². The molecule has 2 N–H and O–H groups in total. The molecule has 1 aliphatic rings. The molecule has 2 heterocycles. The molecule has 0 bridgehead atoms. The van der Waals surface area contributed by atoms with Crippen LogP contribution in [0.15, 0.2) is 48.8 Å². The lowest BCUT2D eigenvalue weighted by molar-refractivity contribution is -0.172. The first-order valence-corrected chi connectivity index (χ1v) is 9.84. The zero-order valence-electron chi connectivity index (χ0n) is 16.9. The zero-order chi connectivity index (χ0) is 22.4. The molecule has 9 nitrogen and oxygen atoms in total. The monoisotopic (exact) mass is 422 g/mol. The predicted octanol–water partition coefficient (Wildman–Crippen LogP) is 1.66. The van der Waals surface area contributed by atoms with E-state index in [1.165, 1.54) is 6.20 Å². The van der Waals surface area contributed by atoms with Gasteiger partial charge in [-0.15, -0.1) is 0 Å². The van der Waals surface area contributed by atoms with Gasteiger partial charge in [0.25, 0.3) is 0 Å². The molecule has 31 heavy (non-hydrogen) atoms. The van der Waals surface area contributed by atoms with E-state index in [0.717, 1.165) is 4.90 Å². The van der Waals surface area contributed by atoms with E-state index >= 15 is 0 Å². The number of carboxylic acids is 1. The minimum absolute atomic E-state index is 0.0321. The van der Waals surface area contributed by atoms with Crippen LogP contribution in [0.4, 0.5) is 0 Å². The van der Waals surface area contributed by atoms with Gasteiger partial charge in [-0.25, -0.2) is 4.79 Å². The molecular formula is C22H22N4O5. The maximum absolute atomic E-state index is 12.8. The van der Waals surface area contributed by atoms with Gasteiger partial charge in [0, 0.05) is 31.0 Å². The van der Waals surface area contributed by atoms with Crippen molar-refractivity contribution in [1.29, 1.82) is 5.26 Å². The number of piperazine rings is 1. The van der Waals surface area contributed by atoms with Crippen molar-refractivity contribution in [3.8, 4) is 11.8 Å². The maximum Gasteiger partial charge on any atom is 0.333 e. The molecule has 1 saturated heterocycles. The van der Waals surface area contributed by atoms with Crippen LogP contribution in [0.25, 0.3) is 0 Å². The fourth-order valence-corrected chi connectivity index (χ4v) is 3.80. The number of nitrogens with one attached hydrogen (secondary N) is 1. The predicted molar refractivity (Wildman–Crippen MR) is 109 cm³/mol. The first kappa shape index (κ1) is 21.8. The van der Waals surface area contributed by atoms with Gasteiger partial charge in [0.05, 0.1) is 11.6 Å². The molecule has 0 aliphatic carbocycles. The Balaban J connectivity index is 2.16. The summed E-state index contributed by atoms with van der Waals surface area (Å²) < 4.78 is 6.16. The largest absolute Gasteiger partial charge is 0.483 e. The minimum Gasteiger partial charge on any atom is -0.483 e. The molecule has 1 fully saturated rings. The van der Waals surface area contributed by atoms with Gasteiger partial charge in [-0.2, -0.15) is 5.26 Å². The molecule has 0 spiro atoms. The standard InChI is InChI=1S/C22H22N4O5/c1-2-9-22(21(29)30,26-12-11-25-19(27)20(26)28)18(16-4-3-10-24-14-16)31-17-7-5-15(13-23)6-8-17/h3-8,10,14,18H,2,9,11-12H2,1H3,(H,25,27)(H,29,30). The molecule has 3 rings (SSSR count). The van der Waals surface area contributed by atoms with Crippen LogP contribution in [0.2, 0.25) is 0 Å². The van der Waals surface area contributed by atoms with Gasteiger partial charge in [0.1, 0.15) is 5.75 Å². The van der Waals surface area contributed by atoms with Crippen molar-refractivity contribution in [2.24, 2.45) is 0 Å². The summed E-state index contributed by atoms with van der Waals surface area (Å²) in [4.78, 5) is 42.8. The Morgan fingerprint density at radius 2 is 2.10 bits per heavy atom. The molecule has 1 aromatic heterocycles. The number of amides is 2. The molecule has 9 heteroatoms. The highest BCUT2D eigenvalue weighted by atomic mass is 16.5. The van der Waals surface area contributed by atoms with Crippen LogP contribution in [0.1, 0.15) is 37.0 Å². The van der Waals surface area contributed by atoms with E-state index in [0.29, 0.717) is 23.3 Å². The first-order valence-electron chi connectivity index (χ1n) is 9.84. The average molecular weight is 422 g/mol. The highest BCUT2D eigenvalue weighted by molar-refractivity contribution is 6.36. The first-order chi connectivity index (χ1) is 14.9. The Bertz CT molecular complexity index is 1000. The number of hydrogen-bond acceptors (Lipinski definition) is 6. The summed E-state index contributed by atoms with van der Waals surface area (Å²) in [7, 11) is 0. The Hall–Kier alpha value is -3.93. The SMILES string of the molecule is CCCC(C(=O)O)(C(Oc1ccc(C#N)cc1)c1cccnc1)N1CCNC(=O)C1=O. The summed E-state index contributed by atoms with van der Waals surface area (Å²) >= 11 is 0. The lowest BCUT2D eigenvalue weighted by Gasteiger charge is -2.46. The molecule has 2 atom stereocenters. The van der Waals surface area contributed by atoms with E-state index in [4.69, 9.17) is 10.00 Å². The molecule has 0 radical (unpaired) electrons. The van der Waals surface area contributed by atoms with Gasteiger partial charge in [-0.1, -0.05) is 19.4 Å². The second kappa shape index (κ2) is 9.26. The van der Waals surface area contributed by atoms with E-state index in [-0.39, 0.29) is 19.5 Å². The summed E-state index contributed by atoms with van der Waals surface area (Å²) in [6.07, 6.45) is 2.35. The van der Waals surface area contributed by atoms with Gasteiger partial charge in [0.2, 0.25) is 0 Å². The highest BCUT2D eigenvalue weighted by Crippen LogP contribution is 2.40. The Labute approximate surface area is 179 Å². The van der Waals surface area contributed by atoms with E-state index in [1.807, 2.05) is 6.07 Å². The van der Waals surface area contributed by atoms with E-state index < -0.39 is 29.4 Å². The van der Waals surface area contributed by atoms with Crippen LogP contribution in [0, 0.1) is 11.3 Å². The quantitative estimate of drug-likeness (QED) is 0.618. The summed E-state index contributed by atoms with van der Waals surface area (Å²) in [6.45, 7) is 1.97. The number of aromatic nitrogens is 1. The Kier molecular flexibility index (Phi) is 6.50. The van der Waals surface area contributed by atoms with E-state index in [9.17, 15) is 19.5 Å². The average Bonchev–Trinajstić information content (AvgIpc) is 2.79. The molecule has 160 valence electrons. The lowest BCUT2D eigenvalue weighted by atomic mass is 9.81. The van der Waals surface area contributed by atoms with Crippen molar-refractivity contribution < 1.29 is 24.2 Å². The smallest absolute Gasteiger partial charge is 0.333 e. The number of pyridine rings is 1. The molecular weight excluding hydrogens is 400 g/mol. The molecule has 0 saturated carbocycles. The lowest BCUT2D eigenvalue weighted by Crippen LogP contribution is -2.67.